The van der Waals surface area contributed by atoms with Gasteiger partial charge < -0.3 is 18.9 Å². The standard InChI is InChI=1S/C24H38FNO3Si/c1-18-21(29-22(15-17-27)24(18)30(2,3)25)14-11-19-9-12-20(13-10-19)26-16-7-5-4-6-8-23(26)28/h9-10,12-13,18,21-22,24,27H,4-8,11,14-17H2,1-3H3/t18-,21+,22-,24+/m0/s1. The number of nitrogens with zero attached hydrogens (tertiary/aromatic N) is 1. The quantitative estimate of drug-likeness (QED) is 0.470. The van der Waals surface area contributed by atoms with E-state index in [2.05, 4.69) is 31.2 Å². The molecule has 1 N–H and O–H groups in total. The maximum Gasteiger partial charge on any atom is 0.246 e. The number of aliphatic hydroxyl groups excluding tert-OH is 1. The molecule has 3 rings (SSSR count). The van der Waals surface area contributed by atoms with Crippen molar-refractivity contribution >= 4 is 20.0 Å². The molecule has 0 aliphatic carbocycles. The van der Waals surface area contributed by atoms with E-state index in [1.807, 2.05) is 4.90 Å². The first-order chi connectivity index (χ1) is 14.3. The number of aryl methyl sites for hydroxylation is 1. The molecule has 2 aliphatic rings. The lowest BCUT2D eigenvalue weighted by atomic mass is 9.95. The predicted octanol–water partition coefficient (Wildman–Crippen LogP) is 5.25. The number of carbonyl (C=O) groups is 1. The fraction of sp³-hybridized carbons (Fsp3) is 0.708. The maximum absolute atomic E-state index is 14.9. The van der Waals surface area contributed by atoms with Gasteiger partial charge in [-0.2, -0.15) is 0 Å². The zero-order valence-electron chi connectivity index (χ0n) is 18.8. The highest BCUT2D eigenvalue weighted by atomic mass is 28.4. The van der Waals surface area contributed by atoms with Crippen molar-refractivity contribution in [2.24, 2.45) is 5.92 Å². The van der Waals surface area contributed by atoms with Crippen LogP contribution in [0, 0.1) is 5.92 Å². The van der Waals surface area contributed by atoms with Gasteiger partial charge in [-0.3, -0.25) is 4.79 Å². The van der Waals surface area contributed by atoms with Crippen molar-refractivity contribution in [3.8, 4) is 0 Å². The second-order valence-corrected chi connectivity index (χ2v) is 13.4. The lowest BCUT2D eigenvalue weighted by Gasteiger charge is -2.28. The largest absolute Gasteiger partial charge is 0.396 e. The molecule has 1 aromatic rings. The van der Waals surface area contributed by atoms with E-state index >= 15 is 0 Å². The molecule has 2 saturated heterocycles. The molecule has 0 saturated carbocycles. The Bertz CT molecular complexity index is 691. The molecule has 4 atom stereocenters. The highest BCUT2D eigenvalue weighted by Crippen LogP contribution is 2.46. The van der Waals surface area contributed by atoms with E-state index in [1.165, 1.54) is 12.0 Å². The Labute approximate surface area is 182 Å². The number of ether oxygens (including phenoxy) is 1. The van der Waals surface area contributed by atoms with Crippen molar-refractivity contribution in [3.63, 3.8) is 0 Å². The highest BCUT2D eigenvalue weighted by Gasteiger charge is 2.50. The summed E-state index contributed by atoms with van der Waals surface area (Å²) in [7, 11) is -2.85. The zero-order valence-corrected chi connectivity index (χ0v) is 19.8. The van der Waals surface area contributed by atoms with E-state index in [0.29, 0.717) is 12.8 Å². The number of hydrogen-bond donors (Lipinski definition) is 1. The molecule has 0 aromatic heterocycles. The van der Waals surface area contributed by atoms with Crippen LogP contribution in [0.4, 0.5) is 9.80 Å². The molecular formula is C24H38FNO3Si. The molecule has 0 bridgehead atoms. The van der Waals surface area contributed by atoms with Gasteiger partial charge in [0.05, 0.1) is 12.2 Å². The number of carbonyl (C=O) groups excluding carboxylic acids is 1. The summed E-state index contributed by atoms with van der Waals surface area (Å²) in [5.74, 6) is 0.403. The van der Waals surface area contributed by atoms with Crippen molar-refractivity contribution < 1.29 is 18.7 Å². The summed E-state index contributed by atoms with van der Waals surface area (Å²) in [6.45, 7) is 6.48. The third kappa shape index (κ3) is 5.71. The maximum atomic E-state index is 14.9. The van der Waals surface area contributed by atoms with Crippen molar-refractivity contribution in [1.29, 1.82) is 0 Å². The van der Waals surface area contributed by atoms with E-state index in [0.717, 1.165) is 44.3 Å². The molecular weight excluding hydrogens is 397 g/mol. The third-order valence-electron chi connectivity index (χ3n) is 6.90. The van der Waals surface area contributed by atoms with Gasteiger partial charge in [-0.1, -0.05) is 31.9 Å². The van der Waals surface area contributed by atoms with E-state index in [-0.39, 0.29) is 36.2 Å². The van der Waals surface area contributed by atoms with Gasteiger partial charge in [0.15, 0.2) is 0 Å². The molecule has 0 unspecified atom stereocenters. The van der Waals surface area contributed by atoms with Crippen LogP contribution >= 0.6 is 0 Å². The second-order valence-electron chi connectivity index (χ2n) is 9.59. The van der Waals surface area contributed by atoms with E-state index < -0.39 is 8.41 Å². The number of benzene rings is 1. The minimum absolute atomic E-state index is 0.0321. The molecule has 30 heavy (non-hydrogen) atoms. The fourth-order valence-corrected chi connectivity index (χ4v) is 7.95. The van der Waals surface area contributed by atoms with Gasteiger partial charge in [0.1, 0.15) is 0 Å². The lowest BCUT2D eigenvalue weighted by Crippen LogP contribution is -2.36. The minimum Gasteiger partial charge on any atom is -0.396 e. The number of aliphatic hydroxyl groups is 1. The number of anilines is 1. The lowest BCUT2D eigenvalue weighted by molar-refractivity contribution is -0.118. The van der Waals surface area contributed by atoms with Crippen molar-refractivity contribution in [2.45, 2.75) is 89.1 Å². The number of halogens is 1. The Morgan fingerprint density at radius 2 is 1.80 bits per heavy atom. The molecule has 168 valence electrons. The minimum atomic E-state index is -2.85. The van der Waals surface area contributed by atoms with Gasteiger partial charge in [-0.05, 0) is 68.8 Å². The molecule has 1 amide bonds. The van der Waals surface area contributed by atoms with Gasteiger partial charge >= 0.3 is 0 Å². The summed E-state index contributed by atoms with van der Waals surface area (Å²) in [5, 5.41) is 9.36. The van der Waals surface area contributed by atoms with Crippen LogP contribution in [-0.2, 0) is 16.0 Å². The molecule has 2 heterocycles. The molecule has 0 radical (unpaired) electrons. The number of amides is 1. The van der Waals surface area contributed by atoms with Crippen LogP contribution in [0.25, 0.3) is 0 Å². The van der Waals surface area contributed by atoms with Crippen LogP contribution in [-0.4, -0.2) is 44.8 Å². The van der Waals surface area contributed by atoms with Crippen molar-refractivity contribution in [3.05, 3.63) is 29.8 Å². The monoisotopic (exact) mass is 435 g/mol. The SMILES string of the molecule is C[C@@H]1[C@@H]([Si](C)(C)F)[C@H](CCO)O[C@@H]1CCc1ccc(N2CCCCCCC2=O)cc1. The topological polar surface area (TPSA) is 49.8 Å². The average Bonchev–Trinajstić information content (AvgIpc) is 3.00. The van der Waals surface area contributed by atoms with Crippen LogP contribution < -0.4 is 4.90 Å². The van der Waals surface area contributed by atoms with Crippen LogP contribution in [0.5, 0.6) is 0 Å². The Morgan fingerprint density at radius 1 is 1.10 bits per heavy atom. The van der Waals surface area contributed by atoms with Gasteiger partial charge in [-0.25, -0.2) is 0 Å². The number of rotatable bonds is 7. The van der Waals surface area contributed by atoms with E-state index in [4.69, 9.17) is 4.74 Å². The Hall–Kier alpha value is -1.24. The van der Waals surface area contributed by atoms with Crippen LogP contribution in [0.3, 0.4) is 0 Å². The van der Waals surface area contributed by atoms with E-state index in [9.17, 15) is 14.0 Å². The summed E-state index contributed by atoms with van der Waals surface area (Å²) in [6, 6.07) is 8.33. The molecule has 1 aromatic carbocycles. The molecule has 2 fully saturated rings. The Morgan fingerprint density at radius 3 is 2.47 bits per heavy atom. The predicted molar refractivity (Wildman–Crippen MR) is 122 cm³/mol. The smallest absolute Gasteiger partial charge is 0.246 e. The summed E-state index contributed by atoms with van der Waals surface area (Å²) >= 11 is 0. The summed E-state index contributed by atoms with van der Waals surface area (Å²) in [6.07, 6.45) is 7.15. The molecule has 6 heteroatoms. The van der Waals surface area contributed by atoms with Gasteiger partial charge in [0, 0.05) is 30.8 Å². The fourth-order valence-electron chi connectivity index (χ4n) is 5.36. The highest BCUT2D eigenvalue weighted by molar-refractivity contribution is 6.72. The van der Waals surface area contributed by atoms with Crippen molar-refractivity contribution in [1.82, 2.24) is 0 Å². The first-order valence-electron chi connectivity index (χ1n) is 11.7. The second kappa shape index (κ2) is 10.4. The zero-order chi connectivity index (χ0) is 21.7. The van der Waals surface area contributed by atoms with Crippen LogP contribution in [0.15, 0.2) is 24.3 Å². The van der Waals surface area contributed by atoms with Gasteiger partial charge in [0.2, 0.25) is 14.3 Å². The van der Waals surface area contributed by atoms with Crippen LogP contribution in [0.2, 0.25) is 18.6 Å². The van der Waals surface area contributed by atoms with Gasteiger partial charge in [0.25, 0.3) is 0 Å². The molecule has 2 aliphatic heterocycles. The first-order valence-corrected chi connectivity index (χ1v) is 14.6. The summed E-state index contributed by atoms with van der Waals surface area (Å²) in [5.41, 5.74) is 2.15. The third-order valence-corrected chi connectivity index (χ3v) is 9.38. The summed E-state index contributed by atoms with van der Waals surface area (Å²) < 4.78 is 21.1. The van der Waals surface area contributed by atoms with E-state index in [1.54, 1.807) is 13.1 Å². The Balaban J connectivity index is 1.60. The van der Waals surface area contributed by atoms with Crippen LogP contribution in [0.1, 0.15) is 57.4 Å². The first kappa shape index (κ1) is 23.4. The molecule has 4 nitrogen and oxygen atoms in total. The Kier molecular flexibility index (Phi) is 8.10. The van der Waals surface area contributed by atoms with Gasteiger partial charge in [-0.15, -0.1) is 0 Å². The summed E-state index contributed by atoms with van der Waals surface area (Å²) in [4.78, 5) is 14.4. The molecule has 0 spiro atoms. The van der Waals surface area contributed by atoms with Crippen molar-refractivity contribution in [2.75, 3.05) is 18.1 Å². The normalized spacial score (nSPS) is 28.4. The average molecular weight is 436 g/mol. The number of hydrogen-bond acceptors (Lipinski definition) is 3.